The van der Waals surface area contributed by atoms with E-state index in [9.17, 15) is 5.26 Å². The molecule has 5 nitrogen and oxygen atoms in total. The molecule has 1 aromatic heterocycles. The van der Waals surface area contributed by atoms with Crippen molar-refractivity contribution in [3.05, 3.63) is 45.1 Å². The third-order valence-electron chi connectivity index (χ3n) is 4.09. The summed E-state index contributed by atoms with van der Waals surface area (Å²) < 4.78 is 5.48. The molecular weight excluding hydrogens is 347 g/mol. The number of aromatic nitrogens is 2. The molecule has 3 rings (SSSR count). The van der Waals surface area contributed by atoms with E-state index in [2.05, 4.69) is 16.3 Å². The lowest BCUT2D eigenvalue weighted by Gasteiger charge is -2.31. The molecule has 0 spiro atoms. The summed E-state index contributed by atoms with van der Waals surface area (Å²) in [5.41, 5.74) is 2.13. The van der Waals surface area contributed by atoms with Crippen LogP contribution in [0.5, 0.6) is 5.88 Å². The van der Waals surface area contributed by atoms with Crippen LogP contribution < -0.4 is 4.74 Å². The first kappa shape index (κ1) is 16.8. The van der Waals surface area contributed by atoms with E-state index in [1.807, 2.05) is 20.8 Å². The fraction of sp³-hybridized carbons (Fsp3) is 0.353. The largest absolute Gasteiger partial charge is 0.422 e. The lowest BCUT2D eigenvalue weighted by molar-refractivity contribution is 0.433. The van der Waals surface area contributed by atoms with Crippen molar-refractivity contribution in [3.8, 4) is 11.9 Å². The molecule has 0 amide bonds. The van der Waals surface area contributed by atoms with Crippen molar-refractivity contribution in [2.45, 2.75) is 32.1 Å². The van der Waals surface area contributed by atoms with Crippen LogP contribution >= 0.6 is 23.2 Å². The number of ether oxygens (including phenoxy) is 1. The van der Waals surface area contributed by atoms with Gasteiger partial charge in [0.1, 0.15) is 5.92 Å². The molecule has 2 heterocycles. The van der Waals surface area contributed by atoms with Gasteiger partial charge in [-0.05, 0) is 17.7 Å². The summed E-state index contributed by atoms with van der Waals surface area (Å²) in [6.45, 7) is 6.13. The molecule has 2 unspecified atom stereocenters. The Bertz CT molecular complexity index is 860. The molecule has 124 valence electrons. The monoisotopic (exact) mass is 362 g/mol. The van der Waals surface area contributed by atoms with Crippen molar-refractivity contribution >= 4 is 29.1 Å². The lowest BCUT2D eigenvalue weighted by Crippen LogP contribution is -2.32. The number of rotatable bonds is 1. The molecule has 1 aliphatic heterocycles. The standard InChI is InChI=1S/C17H16Cl2N4O/c1-17(2,3)14-13-12(9-5-4-8(18)6-11(9)19)10(7-20)15(21)24-16(13)23-22-14/h4-6,10,12,21H,1-3H3,(H,22,23). The average Bonchev–Trinajstić information content (AvgIpc) is 2.89. The molecule has 2 N–H and O–H groups in total. The predicted octanol–water partition coefficient (Wildman–Crippen LogP) is 4.66. The van der Waals surface area contributed by atoms with E-state index in [1.165, 1.54) is 0 Å². The first-order valence-electron chi connectivity index (χ1n) is 7.43. The van der Waals surface area contributed by atoms with Crippen LogP contribution in [0.4, 0.5) is 0 Å². The van der Waals surface area contributed by atoms with E-state index in [1.54, 1.807) is 18.2 Å². The summed E-state index contributed by atoms with van der Waals surface area (Å²) in [4.78, 5) is 0. The molecule has 2 atom stereocenters. The van der Waals surface area contributed by atoms with Gasteiger partial charge in [-0.3, -0.25) is 10.5 Å². The number of H-pyrrole nitrogens is 1. The minimum absolute atomic E-state index is 0.132. The number of hydrogen-bond acceptors (Lipinski definition) is 4. The average molecular weight is 363 g/mol. The van der Waals surface area contributed by atoms with Crippen molar-refractivity contribution in [1.29, 1.82) is 10.7 Å². The van der Waals surface area contributed by atoms with Gasteiger partial charge in [0, 0.05) is 32.6 Å². The summed E-state index contributed by atoms with van der Waals surface area (Å²) in [7, 11) is 0. The summed E-state index contributed by atoms with van der Waals surface area (Å²) in [6.07, 6.45) is 0. The van der Waals surface area contributed by atoms with E-state index in [-0.39, 0.29) is 11.3 Å². The lowest BCUT2D eigenvalue weighted by atomic mass is 9.76. The van der Waals surface area contributed by atoms with Crippen molar-refractivity contribution in [1.82, 2.24) is 10.2 Å². The number of nitriles is 1. The fourth-order valence-corrected chi connectivity index (χ4v) is 3.51. The van der Waals surface area contributed by atoms with Gasteiger partial charge in [0.15, 0.2) is 0 Å². The highest BCUT2D eigenvalue weighted by Gasteiger charge is 2.43. The van der Waals surface area contributed by atoms with Crippen LogP contribution in [0.3, 0.4) is 0 Å². The van der Waals surface area contributed by atoms with Crippen molar-refractivity contribution in [2.75, 3.05) is 0 Å². The summed E-state index contributed by atoms with van der Waals surface area (Å²) in [5, 5.41) is 25.9. The zero-order chi connectivity index (χ0) is 17.6. The third-order valence-corrected chi connectivity index (χ3v) is 4.65. The zero-order valence-electron chi connectivity index (χ0n) is 13.4. The highest BCUT2D eigenvalue weighted by molar-refractivity contribution is 6.35. The molecule has 0 aliphatic carbocycles. The van der Waals surface area contributed by atoms with Crippen LogP contribution in [0, 0.1) is 22.7 Å². The van der Waals surface area contributed by atoms with E-state index in [4.69, 9.17) is 33.3 Å². The molecule has 0 bridgehead atoms. The minimum atomic E-state index is -0.783. The molecule has 0 fully saturated rings. The topological polar surface area (TPSA) is 85.5 Å². The molecule has 0 radical (unpaired) electrons. The Morgan fingerprint density at radius 1 is 1.33 bits per heavy atom. The van der Waals surface area contributed by atoms with E-state index < -0.39 is 11.8 Å². The van der Waals surface area contributed by atoms with Gasteiger partial charge < -0.3 is 4.74 Å². The Labute approximate surface area is 150 Å². The molecule has 1 aliphatic rings. The van der Waals surface area contributed by atoms with Gasteiger partial charge in [-0.15, -0.1) is 5.10 Å². The smallest absolute Gasteiger partial charge is 0.243 e. The number of hydrogen-bond donors (Lipinski definition) is 2. The van der Waals surface area contributed by atoms with E-state index in [0.29, 0.717) is 15.9 Å². The maximum absolute atomic E-state index is 9.62. The highest BCUT2D eigenvalue weighted by atomic mass is 35.5. The first-order chi connectivity index (χ1) is 11.2. The van der Waals surface area contributed by atoms with Crippen molar-refractivity contribution in [2.24, 2.45) is 5.92 Å². The molecule has 7 heteroatoms. The number of halogens is 2. The fourth-order valence-electron chi connectivity index (χ4n) is 2.98. The Balaban J connectivity index is 2.28. The summed E-state index contributed by atoms with van der Waals surface area (Å²) in [6, 6.07) is 7.33. The Morgan fingerprint density at radius 3 is 2.62 bits per heavy atom. The van der Waals surface area contributed by atoms with Gasteiger partial charge in [0.05, 0.1) is 6.07 Å². The van der Waals surface area contributed by atoms with Crippen molar-refractivity contribution in [3.63, 3.8) is 0 Å². The molecular formula is C17H16Cl2N4O. The van der Waals surface area contributed by atoms with Crippen LogP contribution in [-0.2, 0) is 5.41 Å². The van der Waals surface area contributed by atoms with E-state index >= 15 is 0 Å². The summed E-state index contributed by atoms with van der Waals surface area (Å²) >= 11 is 12.4. The van der Waals surface area contributed by atoms with Crippen LogP contribution in [-0.4, -0.2) is 16.1 Å². The second-order valence-electron chi connectivity index (χ2n) is 6.78. The SMILES string of the molecule is CC(C)(C)c1[nH]nc2c1C(c1ccc(Cl)cc1Cl)C(C#N)C(=N)O2. The minimum Gasteiger partial charge on any atom is -0.422 e. The van der Waals surface area contributed by atoms with Crippen LogP contribution in [0.1, 0.15) is 43.5 Å². The third kappa shape index (κ3) is 2.66. The Morgan fingerprint density at radius 2 is 2.04 bits per heavy atom. The Hall–Kier alpha value is -2.03. The highest BCUT2D eigenvalue weighted by Crippen LogP contribution is 2.47. The van der Waals surface area contributed by atoms with Gasteiger partial charge in [-0.25, -0.2) is 0 Å². The second-order valence-corrected chi connectivity index (χ2v) is 7.63. The van der Waals surface area contributed by atoms with Crippen LogP contribution in [0.15, 0.2) is 18.2 Å². The van der Waals surface area contributed by atoms with Crippen LogP contribution in [0.25, 0.3) is 0 Å². The number of nitrogens with one attached hydrogen (secondary N) is 2. The summed E-state index contributed by atoms with van der Waals surface area (Å²) in [5.74, 6) is -1.03. The van der Waals surface area contributed by atoms with Gasteiger partial charge in [-0.1, -0.05) is 50.0 Å². The Kier molecular flexibility index (Phi) is 4.06. The first-order valence-corrected chi connectivity index (χ1v) is 8.19. The van der Waals surface area contributed by atoms with Crippen molar-refractivity contribution < 1.29 is 4.74 Å². The molecule has 0 saturated heterocycles. The molecule has 24 heavy (non-hydrogen) atoms. The second kappa shape index (κ2) is 5.80. The van der Waals surface area contributed by atoms with Gasteiger partial charge in [-0.2, -0.15) is 5.26 Å². The maximum Gasteiger partial charge on any atom is 0.243 e. The number of benzene rings is 1. The van der Waals surface area contributed by atoms with Crippen LogP contribution in [0.2, 0.25) is 10.0 Å². The maximum atomic E-state index is 9.62. The van der Waals surface area contributed by atoms with Gasteiger partial charge >= 0.3 is 0 Å². The normalized spacial score (nSPS) is 20.2. The quantitative estimate of drug-likeness (QED) is 0.773. The predicted molar refractivity (Wildman–Crippen MR) is 93.1 cm³/mol. The number of fused-ring (bicyclic) bond motifs is 1. The molecule has 0 saturated carbocycles. The van der Waals surface area contributed by atoms with Gasteiger partial charge in [0.2, 0.25) is 11.8 Å². The van der Waals surface area contributed by atoms with Gasteiger partial charge in [0.25, 0.3) is 0 Å². The molecule has 1 aromatic carbocycles. The number of nitrogens with zero attached hydrogens (tertiary/aromatic N) is 2. The zero-order valence-corrected chi connectivity index (χ0v) is 15.0. The molecule has 2 aromatic rings. The number of aromatic amines is 1. The van der Waals surface area contributed by atoms with E-state index in [0.717, 1.165) is 16.8 Å².